The number of rotatable bonds is 6. The summed E-state index contributed by atoms with van der Waals surface area (Å²) in [5.41, 5.74) is 2.16. The minimum Gasteiger partial charge on any atom is -0.466 e. The Hall–Kier alpha value is 0.400. The first-order valence-corrected chi connectivity index (χ1v) is 11.8. The Kier molecular flexibility index (Phi) is 8.08. The third kappa shape index (κ3) is 5.71. The molecule has 2 nitrogen and oxygen atoms in total. The average Bonchev–Trinajstić information content (AvgIpc) is 2.93. The quantitative estimate of drug-likeness (QED) is 0.361. The van der Waals surface area contributed by atoms with Crippen molar-refractivity contribution < 1.29 is 35.4 Å². The predicted octanol–water partition coefficient (Wildman–Crippen LogP) is 6.07. The minimum absolute atomic E-state index is 0. The number of ether oxygens (including phenoxy) is 1. The van der Waals surface area contributed by atoms with Gasteiger partial charge in [0.2, 0.25) is 0 Å². The van der Waals surface area contributed by atoms with Crippen LogP contribution in [0.3, 0.4) is 0 Å². The molecule has 2 rings (SSSR count). The van der Waals surface area contributed by atoms with Crippen molar-refractivity contribution in [2.75, 3.05) is 0 Å². The first-order valence-electron chi connectivity index (χ1n) is 7.67. The fraction of sp³-hybridized carbons (Fsp3) is 0.529. The number of halogens is 2. The van der Waals surface area contributed by atoms with Crippen molar-refractivity contribution in [2.24, 2.45) is 5.92 Å². The van der Waals surface area contributed by atoms with Crippen molar-refractivity contribution in [3.05, 3.63) is 45.2 Å². The molecule has 0 spiro atoms. The molecule has 0 N–H and O–H groups in total. The van der Waals surface area contributed by atoms with Crippen LogP contribution in [0.5, 0.6) is 0 Å². The van der Waals surface area contributed by atoms with Crippen LogP contribution in [0.25, 0.3) is 0 Å². The summed E-state index contributed by atoms with van der Waals surface area (Å²) in [5, 5.41) is 1.72. The molecule has 0 radical (unpaired) electrons. The van der Waals surface area contributed by atoms with E-state index >= 15 is 0 Å². The summed E-state index contributed by atoms with van der Waals surface area (Å²) in [6.45, 7) is 10.5. The molecule has 126 valence electrons. The summed E-state index contributed by atoms with van der Waals surface area (Å²) >= 11 is 12.7. The fourth-order valence-electron chi connectivity index (χ4n) is 2.83. The van der Waals surface area contributed by atoms with Gasteiger partial charge >= 0.3 is 0 Å². The molecule has 2 unspecified atom stereocenters. The maximum absolute atomic E-state index is 6.44. The van der Waals surface area contributed by atoms with Gasteiger partial charge in [0, 0.05) is 60.6 Å². The fourth-order valence-corrected chi connectivity index (χ4v) is 4.52. The van der Waals surface area contributed by atoms with Gasteiger partial charge in [-0.3, -0.25) is 0 Å². The molecule has 0 saturated heterocycles. The summed E-state index contributed by atoms with van der Waals surface area (Å²) in [5.74, 6) is 0.965. The van der Waals surface area contributed by atoms with Gasteiger partial charge in [0.1, 0.15) is 5.76 Å². The molecule has 0 aromatic carbocycles. The van der Waals surface area contributed by atoms with Gasteiger partial charge in [0.25, 0.3) is 0 Å². The van der Waals surface area contributed by atoms with E-state index in [0.29, 0.717) is 6.42 Å². The molecule has 2 atom stereocenters. The van der Waals surface area contributed by atoms with Crippen molar-refractivity contribution in [3.63, 3.8) is 0 Å². The molecule has 0 heterocycles. The van der Waals surface area contributed by atoms with Crippen LogP contribution in [-0.4, -0.2) is 14.6 Å². The monoisotopic (exact) mass is 448 g/mol. The van der Waals surface area contributed by atoms with Gasteiger partial charge in [0.15, 0.2) is 14.6 Å². The van der Waals surface area contributed by atoms with E-state index in [-0.39, 0.29) is 38.4 Å². The average molecular weight is 451 g/mol. The summed E-state index contributed by atoms with van der Waals surface area (Å²) < 4.78 is 12.0. The Morgan fingerprint density at radius 3 is 2.26 bits per heavy atom. The van der Waals surface area contributed by atoms with E-state index in [1.54, 1.807) is 0 Å². The minimum atomic E-state index is -1.64. The van der Waals surface area contributed by atoms with Crippen molar-refractivity contribution in [1.82, 2.24) is 0 Å². The van der Waals surface area contributed by atoms with Crippen molar-refractivity contribution in [2.45, 2.75) is 52.6 Å². The van der Waals surface area contributed by atoms with Gasteiger partial charge in [-0.2, -0.15) is 0 Å². The molecule has 0 aromatic rings. The van der Waals surface area contributed by atoms with Crippen LogP contribution in [0.15, 0.2) is 45.2 Å². The molecular formula is C17H24Cl2O2SiZr. The van der Waals surface area contributed by atoms with E-state index in [2.05, 4.69) is 38.7 Å². The van der Waals surface area contributed by atoms with Gasteiger partial charge in [-0.15, -0.1) is 0 Å². The Morgan fingerprint density at radius 2 is 1.74 bits per heavy atom. The van der Waals surface area contributed by atoms with Gasteiger partial charge in [-0.1, -0.05) is 42.3 Å². The van der Waals surface area contributed by atoms with E-state index in [4.69, 9.17) is 32.4 Å². The van der Waals surface area contributed by atoms with E-state index < -0.39 is 8.32 Å². The normalized spacial score (nSPS) is 20.6. The topological polar surface area (TPSA) is 18.5 Å². The Morgan fingerprint density at radius 1 is 1.09 bits per heavy atom. The van der Waals surface area contributed by atoms with Crippen molar-refractivity contribution >= 4 is 31.5 Å². The zero-order chi connectivity index (χ0) is 16.5. The second-order valence-corrected chi connectivity index (χ2v) is 12.1. The second-order valence-electron chi connectivity index (χ2n) is 6.70. The molecule has 2 aliphatic carbocycles. The molecule has 0 saturated carbocycles. The maximum Gasteiger partial charge on any atom is 0.188 e. The first kappa shape index (κ1) is 21.4. The molecule has 0 bridgehead atoms. The smallest absolute Gasteiger partial charge is 0.188 e. The van der Waals surface area contributed by atoms with Crippen molar-refractivity contribution in [1.29, 1.82) is 0 Å². The summed E-state index contributed by atoms with van der Waals surface area (Å²) in [7, 11) is -1.64. The number of allylic oxidation sites excluding steroid dienone is 7. The summed E-state index contributed by atoms with van der Waals surface area (Å²) in [4.78, 5) is 0. The Labute approximate surface area is 169 Å². The van der Waals surface area contributed by atoms with E-state index in [9.17, 15) is 0 Å². The zero-order valence-electron chi connectivity index (χ0n) is 14.4. The molecule has 0 aliphatic heterocycles. The largest absolute Gasteiger partial charge is 0.466 e. The van der Waals surface area contributed by atoms with Gasteiger partial charge in [0.05, 0.1) is 0 Å². The summed E-state index contributed by atoms with van der Waals surface area (Å²) in [6, 6.07) is 0. The van der Waals surface area contributed by atoms with Crippen LogP contribution < -0.4 is 0 Å². The summed E-state index contributed by atoms with van der Waals surface area (Å²) in [6.07, 6.45) is 7.45. The number of hydrogen-bond donors (Lipinski definition) is 0. The Bertz CT molecular complexity index is 574. The molecule has 0 amide bonds. The Balaban J connectivity index is 0.00000264. The van der Waals surface area contributed by atoms with Gasteiger partial charge in [-0.05, 0) is 38.2 Å². The van der Waals surface area contributed by atoms with Crippen LogP contribution >= 0.6 is 23.2 Å². The van der Waals surface area contributed by atoms with E-state index in [1.807, 2.05) is 13.0 Å². The van der Waals surface area contributed by atoms with Crippen LogP contribution in [-0.2, 0) is 35.4 Å². The van der Waals surface area contributed by atoms with Crippen LogP contribution in [0, 0.1) is 5.92 Å². The molecule has 2 aliphatic rings. The zero-order valence-corrected chi connectivity index (χ0v) is 19.3. The van der Waals surface area contributed by atoms with Crippen LogP contribution in [0.1, 0.15) is 26.7 Å². The van der Waals surface area contributed by atoms with Gasteiger partial charge in [-0.25, -0.2) is 0 Å². The first-order chi connectivity index (χ1) is 10.2. The van der Waals surface area contributed by atoms with Crippen molar-refractivity contribution in [3.8, 4) is 0 Å². The third-order valence-corrected chi connectivity index (χ3v) is 5.41. The van der Waals surface area contributed by atoms with Crippen LogP contribution in [0.2, 0.25) is 19.6 Å². The molecule has 6 heteroatoms. The third-order valence-electron chi connectivity index (χ3n) is 3.64. The SMILES string of the molecule is CC(OC1=CCC(Cl)=C1C(C)C1=C(Cl)CC=C1)O[Si](C)(C)C.[Zr]. The molecule has 0 fully saturated rings. The standard InChI is InChI=1S/C17H24Cl2O2Si.Zr/c1-11(13-7-6-8-14(13)18)17-15(19)9-10-16(17)20-12(2)21-22(3,4)5;/h6-7,10-12H,8-9H2,1-5H3;. The molecule has 23 heavy (non-hydrogen) atoms. The molecular weight excluding hydrogens is 426 g/mol. The maximum atomic E-state index is 6.44. The van der Waals surface area contributed by atoms with Crippen LogP contribution in [0.4, 0.5) is 0 Å². The number of hydrogen-bond acceptors (Lipinski definition) is 2. The van der Waals surface area contributed by atoms with E-state index in [0.717, 1.165) is 33.4 Å². The van der Waals surface area contributed by atoms with E-state index in [1.165, 1.54) is 0 Å². The predicted molar refractivity (Wildman–Crippen MR) is 96.4 cm³/mol. The second kappa shape index (κ2) is 8.67. The van der Waals surface area contributed by atoms with Gasteiger partial charge < -0.3 is 9.16 Å². The molecule has 0 aromatic heterocycles.